The molecule has 0 aromatic carbocycles. The van der Waals surface area contributed by atoms with E-state index in [0.29, 0.717) is 6.20 Å². The molecule has 1 aliphatic rings. The fourth-order valence-electron chi connectivity index (χ4n) is 2.63. The van der Waals surface area contributed by atoms with Crippen molar-refractivity contribution in [3.63, 3.8) is 0 Å². The topological polar surface area (TPSA) is 91.8 Å². The lowest BCUT2D eigenvalue weighted by Gasteiger charge is -2.21. The lowest BCUT2D eigenvalue weighted by Crippen LogP contribution is -2.41. The van der Waals surface area contributed by atoms with E-state index in [1.165, 1.54) is 12.0 Å². The average Bonchev–Trinajstić information content (AvgIpc) is 3.00. The fraction of sp³-hybridized carbons (Fsp3) is 0.533. The highest BCUT2D eigenvalue weighted by Gasteiger charge is 2.39. The summed E-state index contributed by atoms with van der Waals surface area (Å²) in [6.07, 6.45) is -4.12. The number of nitrogens with zero attached hydrogens (tertiary/aromatic N) is 2. The minimum Gasteiger partial charge on any atom is -0.480 e. The predicted octanol–water partition coefficient (Wildman–Crippen LogP) is 2.26. The molecule has 0 saturated carbocycles. The maximum absolute atomic E-state index is 12.6. The van der Waals surface area contributed by atoms with Crippen LogP contribution in [-0.2, 0) is 20.5 Å². The van der Waals surface area contributed by atoms with Gasteiger partial charge in [0.15, 0.2) is 0 Å². The molecule has 2 unspecified atom stereocenters. The van der Waals surface area contributed by atoms with Crippen LogP contribution in [0.3, 0.4) is 0 Å². The van der Waals surface area contributed by atoms with Gasteiger partial charge in [-0.1, -0.05) is 11.6 Å². The third-order valence-electron chi connectivity index (χ3n) is 4.00. The number of alkyl halides is 3. The molecule has 2 atom stereocenters. The summed E-state index contributed by atoms with van der Waals surface area (Å²) in [5, 5.41) is 11.6. The van der Waals surface area contributed by atoms with Crippen LogP contribution in [0.4, 0.5) is 19.0 Å². The van der Waals surface area contributed by atoms with E-state index in [1.807, 2.05) is 0 Å². The van der Waals surface area contributed by atoms with Crippen LogP contribution in [0.15, 0.2) is 12.3 Å². The van der Waals surface area contributed by atoms with E-state index in [4.69, 9.17) is 16.3 Å². The van der Waals surface area contributed by atoms with Crippen molar-refractivity contribution >= 4 is 29.3 Å². The van der Waals surface area contributed by atoms with Crippen molar-refractivity contribution in [3.05, 3.63) is 22.8 Å². The largest absolute Gasteiger partial charge is 0.480 e. The number of methoxy groups -OCH3 is 1. The van der Waals surface area contributed by atoms with E-state index < -0.39 is 29.7 Å². The lowest BCUT2D eigenvalue weighted by molar-refractivity contribution is -0.148. The van der Waals surface area contributed by atoms with Crippen LogP contribution < -0.4 is 5.32 Å². The third-order valence-corrected chi connectivity index (χ3v) is 4.29. The zero-order chi connectivity index (χ0) is 19.5. The van der Waals surface area contributed by atoms with Crippen LogP contribution in [0.1, 0.15) is 18.4 Å². The van der Waals surface area contributed by atoms with Gasteiger partial charge in [0, 0.05) is 39.2 Å². The van der Waals surface area contributed by atoms with Crippen LogP contribution in [0.25, 0.3) is 0 Å². The second kappa shape index (κ2) is 8.09. The number of hydrogen-bond acceptors (Lipinski definition) is 5. The van der Waals surface area contributed by atoms with Gasteiger partial charge in [-0.05, 0) is 6.07 Å². The number of hydrogen-bond donors (Lipinski definition) is 2. The summed E-state index contributed by atoms with van der Waals surface area (Å²) in [6, 6.07) is -0.219. The van der Waals surface area contributed by atoms with Gasteiger partial charge in [-0.25, -0.2) is 9.78 Å². The minimum atomic E-state index is -4.55. The summed E-state index contributed by atoms with van der Waals surface area (Å²) in [5.74, 6) is -1.51. The highest BCUT2D eigenvalue weighted by Crippen LogP contribution is 2.32. The molecule has 1 aromatic rings. The fourth-order valence-corrected chi connectivity index (χ4v) is 2.87. The Labute approximate surface area is 152 Å². The number of anilines is 1. The van der Waals surface area contributed by atoms with Gasteiger partial charge in [-0.2, -0.15) is 13.2 Å². The smallest absolute Gasteiger partial charge is 0.417 e. The number of carboxylic acid groups (broad SMARTS) is 1. The molecule has 26 heavy (non-hydrogen) atoms. The third kappa shape index (κ3) is 4.76. The Hall–Kier alpha value is -2.07. The number of nitrogens with one attached hydrogen (secondary N) is 1. The molecule has 0 spiro atoms. The first-order chi connectivity index (χ1) is 12.1. The van der Waals surface area contributed by atoms with Gasteiger partial charge in [-0.15, -0.1) is 0 Å². The molecule has 1 fully saturated rings. The summed E-state index contributed by atoms with van der Waals surface area (Å²) < 4.78 is 42.8. The zero-order valence-corrected chi connectivity index (χ0v) is 14.5. The number of carbonyl (C=O) groups is 2. The Morgan fingerprint density at radius 2 is 2.19 bits per heavy atom. The van der Waals surface area contributed by atoms with Gasteiger partial charge in [0.1, 0.15) is 11.9 Å². The first kappa shape index (κ1) is 20.2. The monoisotopic (exact) mass is 395 g/mol. The maximum atomic E-state index is 12.6. The van der Waals surface area contributed by atoms with E-state index >= 15 is 0 Å². The number of amides is 1. The van der Waals surface area contributed by atoms with E-state index in [0.717, 1.165) is 6.07 Å². The highest BCUT2D eigenvalue weighted by atomic mass is 35.5. The van der Waals surface area contributed by atoms with Crippen molar-refractivity contribution in [1.82, 2.24) is 9.88 Å². The summed E-state index contributed by atoms with van der Waals surface area (Å²) >= 11 is 5.77. The molecule has 1 saturated heterocycles. The Balaban J connectivity index is 1.93. The summed E-state index contributed by atoms with van der Waals surface area (Å²) in [7, 11) is 1.44. The number of carboxylic acids is 1. The SMILES string of the molecule is COC1CC(C(=O)O)N(C(=O)CCNc2ncc(C(F)(F)F)cc2Cl)C1. The van der Waals surface area contributed by atoms with Gasteiger partial charge in [0.05, 0.1) is 16.7 Å². The van der Waals surface area contributed by atoms with Gasteiger partial charge in [-0.3, -0.25) is 4.79 Å². The quantitative estimate of drug-likeness (QED) is 0.767. The minimum absolute atomic E-state index is 0.0124. The predicted molar refractivity (Wildman–Crippen MR) is 85.9 cm³/mol. The van der Waals surface area contributed by atoms with Crippen LogP contribution >= 0.6 is 11.6 Å². The molecule has 144 valence electrons. The number of halogens is 4. The molecule has 7 nitrogen and oxygen atoms in total. The summed E-state index contributed by atoms with van der Waals surface area (Å²) in [5.41, 5.74) is -0.976. The van der Waals surface area contributed by atoms with Gasteiger partial charge < -0.3 is 20.1 Å². The van der Waals surface area contributed by atoms with Crippen molar-refractivity contribution in [2.75, 3.05) is 25.5 Å². The van der Waals surface area contributed by atoms with Crippen molar-refractivity contribution in [2.45, 2.75) is 31.2 Å². The van der Waals surface area contributed by atoms with Crippen molar-refractivity contribution in [2.24, 2.45) is 0 Å². The Kier molecular flexibility index (Phi) is 6.30. The molecule has 1 aromatic heterocycles. The number of aromatic nitrogens is 1. The first-order valence-corrected chi connectivity index (χ1v) is 8.03. The molecule has 2 N–H and O–H groups in total. The number of ether oxygens (including phenoxy) is 1. The van der Waals surface area contributed by atoms with E-state index in [-0.39, 0.29) is 42.9 Å². The Morgan fingerprint density at radius 3 is 2.73 bits per heavy atom. The molecule has 2 rings (SSSR count). The molecule has 2 heterocycles. The zero-order valence-electron chi connectivity index (χ0n) is 13.7. The number of aliphatic carboxylic acids is 1. The molecule has 1 aliphatic heterocycles. The van der Waals surface area contributed by atoms with Crippen molar-refractivity contribution < 1.29 is 32.6 Å². The van der Waals surface area contributed by atoms with Crippen LogP contribution in [-0.4, -0.2) is 59.2 Å². The van der Waals surface area contributed by atoms with E-state index in [9.17, 15) is 27.9 Å². The van der Waals surface area contributed by atoms with Gasteiger partial charge in [0.2, 0.25) is 5.91 Å². The molecule has 0 radical (unpaired) electrons. The van der Waals surface area contributed by atoms with Gasteiger partial charge in [0.25, 0.3) is 0 Å². The first-order valence-electron chi connectivity index (χ1n) is 7.65. The second-order valence-electron chi connectivity index (χ2n) is 5.72. The lowest BCUT2D eigenvalue weighted by atomic mass is 10.2. The van der Waals surface area contributed by atoms with Crippen LogP contribution in [0.5, 0.6) is 0 Å². The van der Waals surface area contributed by atoms with Crippen LogP contribution in [0, 0.1) is 0 Å². The Morgan fingerprint density at radius 1 is 1.50 bits per heavy atom. The molecule has 0 bridgehead atoms. The highest BCUT2D eigenvalue weighted by molar-refractivity contribution is 6.32. The summed E-state index contributed by atoms with van der Waals surface area (Å²) in [4.78, 5) is 28.3. The van der Waals surface area contributed by atoms with Crippen LogP contribution in [0.2, 0.25) is 5.02 Å². The Bertz CT molecular complexity index is 687. The average molecular weight is 396 g/mol. The standard InChI is InChI=1S/C15H17ClF3N3O4/c1-26-9-5-11(14(24)25)22(7-9)12(23)2-3-20-13-10(16)4-8(6-21-13)15(17,18)19/h4,6,9,11H,2-3,5,7H2,1H3,(H,20,21)(H,24,25). The molecule has 0 aliphatic carbocycles. The molecular formula is C15H17ClF3N3O4. The molecule has 1 amide bonds. The van der Waals surface area contributed by atoms with Crippen molar-refractivity contribution in [3.8, 4) is 0 Å². The number of rotatable bonds is 6. The maximum Gasteiger partial charge on any atom is 0.417 e. The number of carbonyl (C=O) groups excluding carboxylic acids is 1. The molecular weight excluding hydrogens is 379 g/mol. The van der Waals surface area contributed by atoms with E-state index in [2.05, 4.69) is 10.3 Å². The number of likely N-dealkylation sites (tertiary alicyclic amines) is 1. The normalized spacial score (nSPS) is 20.3. The second-order valence-corrected chi connectivity index (χ2v) is 6.13. The van der Waals surface area contributed by atoms with Crippen molar-refractivity contribution in [1.29, 1.82) is 0 Å². The number of pyridine rings is 1. The van der Waals surface area contributed by atoms with Gasteiger partial charge >= 0.3 is 12.1 Å². The molecule has 11 heteroatoms. The summed E-state index contributed by atoms with van der Waals surface area (Å²) in [6.45, 7) is 0.211. The van der Waals surface area contributed by atoms with E-state index in [1.54, 1.807) is 0 Å².